The molecule has 0 fully saturated rings. The minimum atomic E-state index is -0.149. The quantitative estimate of drug-likeness (QED) is 0.280. The number of aromatic amines is 1. The average molecular weight is 509 g/mol. The molecule has 0 aliphatic carbocycles. The Kier molecular flexibility index (Phi) is 6.89. The Labute approximate surface area is 214 Å². The number of aryl methyl sites for hydroxylation is 1. The van der Waals surface area contributed by atoms with Crippen LogP contribution in [0.2, 0.25) is 10.0 Å². The first-order valence-electron chi connectivity index (χ1n) is 11.7. The standard InChI is InChI=1S/C28H26Cl2N2O3/c1-2-17-4-3-5-21-23(15-32-28(17)21)22(19-7-9-25-26(12-19)35-16-34-25)14-27(33)31-11-10-18-6-8-20(29)13-24(18)30/h3-9,12-13,15,22,32H,2,10-11,14,16H2,1H3,(H,31,33). The predicted molar refractivity (Wildman–Crippen MR) is 140 cm³/mol. The zero-order valence-electron chi connectivity index (χ0n) is 19.4. The van der Waals surface area contributed by atoms with Crippen molar-refractivity contribution in [1.29, 1.82) is 0 Å². The third kappa shape index (κ3) is 4.97. The highest BCUT2D eigenvalue weighted by molar-refractivity contribution is 6.35. The van der Waals surface area contributed by atoms with E-state index in [-0.39, 0.29) is 18.6 Å². The van der Waals surface area contributed by atoms with Crippen LogP contribution in [0, 0.1) is 0 Å². The molecule has 1 amide bonds. The van der Waals surface area contributed by atoms with Crippen molar-refractivity contribution in [2.24, 2.45) is 0 Å². The van der Waals surface area contributed by atoms with E-state index in [2.05, 4.69) is 35.4 Å². The van der Waals surface area contributed by atoms with E-state index in [4.69, 9.17) is 32.7 Å². The Bertz CT molecular complexity index is 1380. The van der Waals surface area contributed by atoms with Gasteiger partial charge in [0.2, 0.25) is 12.7 Å². The van der Waals surface area contributed by atoms with Gasteiger partial charge in [-0.05, 0) is 59.4 Å². The minimum Gasteiger partial charge on any atom is -0.454 e. The molecule has 1 atom stereocenters. The number of nitrogens with one attached hydrogen (secondary N) is 2. The van der Waals surface area contributed by atoms with Gasteiger partial charge in [-0.15, -0.1) is 0 Å². The second-order valence-electron chi connectivity index (χ2n) is 8.64. The van der Waals surface area contributed by atoms with Gasteiger partial charge in [0, 0.05) is 46.0 Å². The summed E-state index contributed by atoms with van der Waals surface area (Å²) >= 11 is 12.3. The molecule has 0 spiro atoms. The summed E-state index contributed by atoms with van der Waals surface area (Å²) in [6.07, 6.45) is 3.89. The SMILES string of the molecule is CCc1cccc2c(C(CC(=O)NCCc3ccc(Cl)cc3Cl)c3ccc4c(c3)OCO4)c[nH]c12. The number of hydrogen-bond acceptors (Lipinski definition) is 3. The molecule has 35 heavy (non-hydrogen) atoms. The van der Waals surface area contributed by atoms with Crippen LogP contribution in [-0.2, 0) is 17.6 Å². The third-order valence-electron chi connectivity index (χ3n) is 6.51. The summed E-state index contributed by atoms with van der Waals surface area (Å²) in [7, 11) is 0. The first-order chi connectivity index (χ1) is 17.0. The summed E-state index contributed by atoms with van der Waals surface area (Å²) in [4.78, 5) is 16.6. The van der Waals surface area contributed by atoms with Crippen LogP contribution in [0.4, 0.5) is 0 Å². The van der Waals surface area contributed by atoms with E-state index < -0.39 is 0 Å². The summed E-state index contributed by atoms with van der Waals surface area (Å²) in [5.74, 6) is 1.26. The molecule has 5 nitrogen and oxygen atoms in total. The zero-order valence-corrected chi connectivity index (χ0v) is 20.9. The summed E-state index contributed by atoms with van der Waals surface area (Å²) in [6.45, 7) is 2.84. The van der Waals surface area contributed by atoms with Crippen LogP contribution < -0.4 is 14.8 Å². The molecule has 3 aromatic carbocycles. The van der Waals surface area contributed by atoms with Gasteiger partial charge in [-0.3, -0.25) is 4.79 Å². The van der Waals surface area contributed by atoms with E-state index in [1.165, 1.54) is 5.56 Å². The summed E-state index contributed by atoms with van der Waals surface area (Å²) in [5.41, 5.74) is 5.42. The summed E-state index contributed by atoms with van der Waals surface area (Å²) in [5, 5.41) is 5.40. The predicted octanol–water partition coefficient (Wildman–Crippen LogP) is 6.65. The Hall–Kier alpha value is -3.15. The van der Waals surface area contributed by atoms with E-state index in [1.807, 2.05) is 36.5 Å². The molecule has 1 aliphatic rings. The highest BCUT2D eigenvalue weighted by Crippen LogP contribution is 2.40. The smallest absolute Gasteiger partial charge is 0.231 e. The number of carbonyl (C=O) groups excluding carboxylic acids is 1. The van der Waals surface area contributed by atoms with Gasteiger partial charge in [0.1, 0.15) is 0 Å². The number of carbonyl (C=O) groups is 1. The minimum absolute atomic E-state index is 0.0289. The Morgan fingerprint density at radius 3 is 2.74 bits per heavy atom. The number of benzene rings is 3. The first-order valence-corrected chi connectivity index (χ1v) is 12.5. The van der Waals surface area contributed by atoms with Gasteiger partial charge >= 0.3 is 0 Å². The van der Waals surface area contributed by atoms with Crippen molar-refractivity contribution >= 4 is 40.0 Å². The average Bonchev–Trinajstić information content (AvgIpc) is 3.50. The van der Waals surface area contributed by atoms with Crippen LogP contribution >= 0.6 is 23.2 Å². The fourth-order valence-electron chi connectivity index (χ4n) is 4.68. The van der Waals surface area contributed by atoms with Crippen molar-refractivity contribution in [3.63, 3.8) is 0 Å². The molecular weight excluding hydrogens is 483 g/mol. The zero-order chi connectivity index (χ0) is 24.4. The molecule has 7 heteroatoms. The van der Waals surface area contributed by atoms with Crippen LogP contribution in [0.5, 0.6) is 11.5 Å². The highest BCUT2D eigenvalue weighted by Gasteiger charge is 2.24. The number of para-hydroxylation sites is 1. The fourth-order valence-corrected chi connectivity index (χ4v) is 5.18. The normalized spacial score (nSPS) is 13.2. The van der Waals surface area contributed by atoms with Crippen LogP contribution in [0.1, 0.15) is 41.5 Å². The third-order valence-corrected chi connectivity index (χ3v) is 7.10. The molecular formula is C28H26Cl2N2O3. The number of aromatic nitrogens is 1. The van der Waals surface area contributed by atoms with Crippen LogP contribution in [-0.4, -0.2) is 24.2 Å². The highest BCUT2D eigenvalue weighted by atomic mass is 35.5. The number of rotatable bonds is 8. The monoisotopic (exact) mass is 508 g/mol. The van der Waals surface area contributed by atoms with E-state index in [0.29, 0.717) is 35.2 Å². The van der Waals surface area contributed by atoms with Crippen molar-refractivity contribution in [3.05, 3.63) is 93.1 Å². The Morgan fingerprint density at radius 2 is 1.91 bits per heavy atom. The lowest BCUT2D eigenvalue weighted by Crippen LogP contribution is -2.27. The number of amides is 1. The largest absolute Gasteiger partial charge is 0.454 e. The number of H-pyrrole nitrogens is 1. The van der Waals surface area contributed by atoms with Gasteiger partial charge in [-0.1, -0.05) is 60.5 Å². The molecule has 0 saturated heterocycles. The topological polar surface area (TPSA) is 63.4 Å². The summed E-state index contributed by atoms with van der Waals surface area (Å²) < 4.78 is 11.1. The first kappa shape index (κ1) is 23.6. The molecule has 2 N–H and O–H groups in total. The second kappa shape index (κ2) is 10.2. The molecule has 1 unspecified atom stereocenters. The van der Waals surface area contributed by atoms with Crippen molar-refractivity contribution in [1.82, 2.24) is 10.3 Å². The molecule has 2 heterocycles. The molecule has 0 bridgehead atoms. The maximum Gasteiger partial charge on any atom is 0.231 e. The molecule has 0 saturated carbocycles. The van der Waals surface area contributed by atoms with Gasteiger partial charge in [0.15, 0.2) is 11.5 Å². The van der Waals surface area contributed by atoms with Gasteiger partial charge in [0.25, 0.3) is 0 Å². The second-order valence-corrected chi connectivity index (χ2v) is 9.49. The number of hydrogen-bond donors (Lipinski definition) is 2. The maximum atomic E-state index is 13.1. The summed E-state index contributed by atoms with van der Waals surface area (Å²) in [6, 6.07) is 17.6. The van der Waals surface area contributed by atoms with Crippen LogP contribution in [0.25, 0.3) is 10.9 Å². The number of ether oxygens (including phenoxy) is 2. The fraction of sp³-hybridized carbons (Fsp3) is 0.250. The van der Waals surface area contributed by atoms with Crippen molar-refractivity contribution in [3.8, 4) is 11.5 Å². The van der Waals surface area contributed by atoms with E-state index in [9.17, 15) is 4.79 Å². The number of halogens is 2. The van der Waals surface area contributed by atoms with Crippen molar-refractivity contribution in [2.45, 2.75) is 32.1 Å². The molecule has 1 aliphatic heterocycles. The van der Waals surface area contributed by atoms with Gasteiger partial charge in [-0.2, -0.15) is 0 Å². The van der Waals surface area contributed by atoms with E-state index in [0.717, 1.165) is 39.8 Å². The van der Waals surface area contributed by atoms with Gasteiger partial charge in [0.05, 0.1) is 0 Å². The number of fused-ring (bicyclic) bond motifs is 2. The van der Waals surface area contributed by atoms with Crippen LogP contribution in [0.15, 0.2) is 60.8 Å². The van der Waals surface area contributed by atoms with Crippen molar-refractivity contribution < 1.29 is 14.3 Å². The lowest BCUT2D eigenvalue weighted by atomic mass is 9.87. The molecule has 1 aromatic heterocycles. The van der Waals surface area contributed by atoms with Gasteiger partial charge in [-0.25, -0.2) is 0 Å². The Balaban J connectivity index is 1.39. The Morgan fingerprint density at radius 1 is 1.06 bits per heavy atom. The lowest BCUT2D eigenvalue weighted by Gasteiger charge is -2.18. The lowest BCUT2D eigenvalue weighted by molar-refractivity contribution is -0.121. The van der Waals surface area contributed by atoms with Gasteiger partial charge < -0.3 is 19.8 Å². The molecule has 5 rings (SSSR count). The van der Waals surface area contributed by atoms with Crippen LogP contribution in [0.3, 0.4) is 0 Å². The molecule has 4 aromatic rings. The van der Waals surface area contributed by atoms with E-state index in [1.54, 1.807) is 6.07 Å². The molecule has 180 valence electrons. The molecule has 0 radical (unpaired) electrons. The maximum absolute atomic E-state index is 13.1. The van der Waals surface area contributed by atoms with E-state index >= 15 is 0 Å². The van der Waals surface area contributed by atoms with Crippen molar-refractivity contribution in [2.75, 3.05) is 13.3 Å².